The molecule has 2 aromatic rings. The highest BCUT2D eigenvalue weighted by molar-refractivity contribution is 5.50. The Morgan fingerprint density at radius 3 is 1.88 bits per heavy atom. The summed E-state index contributed by atoms with van der Waals surface area (Å²) < 4.78 is 0. The number of aromatic nitrogens is 2. The Hall–Kier alpha value is -2.54. The molecule has 16 heavy (non-hydrogen) atoms. The van der Waals surface area contributed by atoms with Crippen molar-refractivity contribution >= 4 is 11.8 Å². The van der Waals surface area contributed by atoms with Gasteiger partial charge in [-0.15, -0.1) is 6.42 Å². The predicted octanol–water partition coefficient (Wildman–Crippen LogP) is 1.31. The molecule has 0 radical (unpaired) electrons. The average Bonchev–Trinajstić information content (AvgIpc) is 2.32. The van der Waals surface area contributed by atoms with Crippen molar-refractivity contribution in [3.8, 4) is 12.3 Å². The number of terminal acetylenes is 1. The molecule has 0 atom stereocenters. The van der Waals surface area contributed by atoms with Gasteiger partial charge in [0.05, 0.1) is 11.8 Å². The first-order valence-electron chi connectivity index (χ1n) is 4.58. The molecule has 0 amide bonds. The number of benzene rings is 1. The summed E-state index contributed by atoms with van der Waals surface area (Å²) in [6.45, 7) is 0. The van der Waals surface area contributed by atoms with Crippen LogP contribution in [0.3, 0.4) is 0 Å². The van der Waals surface area contributed by atoms with Crippen LogP contribution in [-0.4, -0.2) is 9.97 Å². The minimum absolute atomic E-state index is 0.136. The van der Waals surface area contributed by atoms with Gasteiger partial charge < -0.3 is 11.5 Å². The Kier molecular flexibility index (Phi) is 4.35. The van der Waals surface area contributed by atoms with E-state index in [0.29, 0.717) is 5.56 Å². The predicted molar refractivity (Wildman–Crippen MR) is 65.2 cm³/mol. The normalized spacial score (nSPS) is 8.44. The minimum atomic E-state index is 0.136. The number of rotatable bonds is 0. The first-order chi connectivity index (χ1) is 7.74. The van der Waals surface area contributed by atoms with E-state index in [1.807, 2.05) is 36.4 Å². The van der Waals surface area contributed by atoms with Crippen molar-refractivity contribution in [2.75, 3.05) is 11.5 Å². The Morgan fingerprint density at radius 1 is 1.00 bits per heavy atom. The molecule has 0 aliphatic rings. The molecular weight excluding hydrogens is 200 g/mol. The van der Waals surface area contributed by atoms with Gasteiger partial charge in [-0.05, 0) is 0 Å². The Morgan fingerprint density at radius 2 is 1.50 bits per heavy atom. The fraction of sp³-hybridized carbons (Fsp3) is 0. The van der Waals surface area contributed by atoms with Crippen LogP contribution >= 0.6 is 0 Å². The van der Waals surface area contributed by atoms with Crippen molar-refractivity contribution < 1.29 is 0 Å². The molecule has 0 fully saturated rings. The van der Waals surface area contributed by atoms with Crippen LogP contribution in [0.25, 0.3) is 0 Å². The topological polar surface area (TPSA) is 77.8 Å². The van der Waals surface area contributed by atoms with Gasteiger partial charge in [-0.25, -0.2) is 4.98 Å². The fourth-order valence-corrected chi connectivity index (χ4v) is 0.905. The van der Waals surface area contributed by atoms with Gasteiger partial charge in [0.15, 0.2) is 0 Å². The van der Waals surface area contributed by atoms with Gasteiger partial charge in [0.2, 0.25) is 5.95 Å². The lowest BCUT2D eigenvalue weighted by Crippen LogP contribution is -2.00. The van der Waals surface area contributed by atoms with Crippen LogP contribution < -0.4 is 11.5 Å². The van der Waals surface area contributed by atoms with E-state index in [4.69, 9.17) is 17.9 Å². The van der Waals surface area contributed by atoms with Crippen molar-refractivity contribution in [2.45, 2.75) is 0 Å². The molecule has 0 saturated heterocycles. The molecule has 0 spiro atoms. The minimum Gasteiger partial charge on any atom is -0.382 e. The van der Waals surface area contributed by atoms with Crippen LogP contribution in [0.5, 0.6) is 0 Å². The monoisotopic (exact) mass is 212 g/mol. The van der Waals surface area contributed by atoms with E-state index in [2.05, 4.69) is 15.9 Å². The summed E-state index contributed by atoms with van der Waals surface area (Å²) in [7, 11) is 0. The van der Waals surface area contributed by atoms with Crippen molar-refractivity contribution in [2.24, 2.45) is 0 Å². The number of nitrogens with zero attached hydrogens (tertiary/aromatic N) is 2. The molecule has 0 bridgehead atoms. The Labute approximate surface area is 94.3 Å². The summed E-state index contributed by atoms with van der Waals surface area (Å²) in [5.41, 5.74) is 11.0. The second-order valence-electron chi connectivity index (χ2n) is 2.83. The molecule has 0 aliphatic heterocycles. The molecular formula is C12H12N4. The third-order valence-electron chi connectivity index (χ3n) is 1.66. The molecule has 2 rings (SSSR count). The third kappa shape index (κ3) is 3.68. The molecule has 4 N–H and O–H groups in total. The maximum Gasteiger partial charge on any atom is 0.221 e. The SMILES string of the molecule is C#Cc1cnc(N)nc1N.c1ccccc1. The molecule has 0 unspecified atom stereocenters. The molecule has 80 valence electrons. The third-order valence-corrected chi connectivity index (χ3v) is 1.66. The largest absolute Gasteiger partial charge is 0.382 e. The zero-order valence-corrected chi connectivity index (χ0v) is 8.67. The standard InChI is InChI=1S/C6H6N4.C6H6/c1-2-4-3-9-6(8)10-5(4)7;1-2-4-6-5-3-1/h1,3H,(H4,7,8,9,10);1-6H. The van der Waals surface area contributed by atoms with Crippen molar-refractivity contribution in [1.29, 1.82) is 0 Å². The van der Waals surface area contributed by atoms with Crippen LogP contribution in [0, 0.1) is 12.3 Å². The van der Waals surface area contributed by atoms with Crippen LogP contribution in [0.2, 0.25) is 0 Å². The van der Waals surface area contributed by atoms with E-state index >= 15 is 0 Å². The quantitative estimate of drug-likeness (QED) is 0.645. The summed E-state index contributed by atoms with van der Waals surface area (Å²) >= 11 is 0. The molecule has 1 aromatic carbocycles. The van der Waals surface area contributed by atoms with Gasteiger partial charge in [0.1, 0.15) is 5.82 Å². The zero-order chi connectivity index (χ0) is 11.8. The number of anilines is 2. The van der Waals surface area contributed by atoms with E-state index in [9.17, 15) is 0 Å². The van der Waals surface area contributed by atoms with E-state index < -0.39 is 0 Å². The van der Waals surface area contributed by atoms with Gasteiger partial charge in [-0.2, -0.15) is 4.98 Å². The number of hydrogen-bond acceptors (Lipinski definition) is 4. The van der Waals surface area contributed by atoms with Crippen molar-refractivity contribution in [1.82, 2.24) is 9.97 Å². The summed E-state index contributed by atoms with van der Waals surface area (Å²) in [4.78, 5) is 7.30. The van der Waals surface area contributed by atoms with Crippen LogP contribution in [0.15, 0.2) is 42.6 Å². The first-order valence-corrected chi connectivity index (χ1v) is 4.58. The highest BCUT2D eigenvalue weighted by Crippen LogP contribution is 2.04. The Balaban J connectivity index is 0.000000181. The number of nitrogen functional groups attached to an aromatic ring is 2. The lowest BCUT2D eigenvalue weighted by molar-refractivity contribution is 1.18. The van der Waals surface area contributed by atoms with E-state index in [1.54, 1.807) is 0 Å². The summed E-state index contributed by atoms with van der Waals surface area (Å²) in [6.07, 6.45) is 6.46. The lowest BCUT2D eigenvalue weighted by atomic mass is 10.3. The highest BCUT2D eigenvalue weighted by atomic mass is 15.0. The smallest absolute Gasteiger partial charge is 0.221 e. The molecule has 0 saturated carbocycles. The van der Waals surface area contributed by atoms with Gasteiger partial charge in [-0.3, -0.25) is 0 Å². The summed E-state index contributed by atoms with van der Waals surface area (Å²) in [6, 6.07) is 12.0. The van der Waals surface area contributed by atoms with Gasteiger partial charge in [-0.1, -0.05) is 42.3 Å². The van der Waals surface area contributed by atoms with Crippen molar-refractivity contribution in [3.05, 3.63) is 48.2 Å². The first kappa shape index (κ1) is 11.5. The number of hydrogen-bond donors (Lipinski definition) is 2. The second-order valence-corrected chi connectivity index (χ2v) is 2.83. The Bertz CT molecular complexity index is 447. The molecule has 1 heterocycles. The van der Waals surface area contributed by atoms with Crippen LogP contribution in [0.1, 0.15) is 5.56 Å². The zero-order valence-electron chi connectivity index (χ0n) is 8.67. The van der Waals surface area contributed by atoms with E-state index in [0.717, 1.165) is 0 Å². The van der Waals surface area contributed by atoms with Gasteiger partial charge >= 0.3 is 0 Å². The maximum absolute atomic E-state index is 5.36. The number of nitrogens with two attached hydrogens (primary N) is 2. The fourth-order valence-electron chi connectivity index (χ4n) is 0.905. The van der Waals surface area contributed by atoms with Gasteiger partial charge in [0, 0.05) is 0 Å². The molecule has 4 heteroatoms. The lowest BCUT2D eigenvalue weighted by Gasteiger charge is -1.95. The van der Waals surface area contributed by atoms with E-state index in [1.165, 1.54) is 6.20 Å². The average molecular weight is 212 g/mol. The van der Waals surface area contributed by atoms with Crippen LogP contribution in [0.4, 0.5) is 11.8 Å². The maximum atomic E-state index is 5.36. The van der Waals surface area contributed by atoms with Gasteiger partial charge in [0.25, 0.3) is 0 Å². The summed E-state index contributed by atoms with van der Waals surface area (Å²) in [5.74, 6) is 2.70. The molecule has 4 nitrogen and oxygen atoms in total. The molecule has 1 aromatic heterocycles. The second kappa shape index (κ2) is 6.04. The summed E-state index contributed by atoms with van der Waals surface area (Å²) in [5, 5.41) is 0. The molecule has 0 aliphatic carbocycles. The highest BCUT2D eigenvalue weighted by Gasteiger charge is 1.96. The van der Waals surface area contributed by atoms with E-state index in [-0.39, 0.29) is 11.8 Å². The van der Waals surface area contributed by atoms with Crippen LogP contribution in [-0.2, 0) is 0 Å². The van der Waals surface area contributed by atoms with Crippen molar-refractivity contribution in [3.63, 3.8) is 0 Å².